The largest absolute Gasteiger partial charge is 0.324 e. The van der Waals surface area contributed by atoms with Crippen molar-refractivity contribution < 1.29 is 14.0 Å². The maximum Gasteiger partial charge on any atom is 0.249 e. The molecule has 0 saturated heterocycles. The summed E-state index contributed by atoms with van der Waals surface area (Å²) in [4.78, 5) is 24.9. The Balaban J connectivity index is 1.66. The molecule has 2 amide bonds. The fraction of sp³-hybridized carbons (Fsp3) is 0.105. The number of amides is 2. The minimum atomic E-state index is -0.804. The van der Waals surface area contributed by atoms with Crippen LogP contribution in [0.4, 0.5) is 15.9 Å². The summed E-state index contributed by atoms with van der Waals surface area (Å²) in [5, 5.41) is 10.3. The van der Waals surface area contributed by atoms with Gasteiger partial charge in [0.15, 0.2) is 0 Å². The fourth-order valence-electron chi connectivity index (χ4n) is 3.00. The lowest BCUT2D eigenvalue weighted by Gasteiger charge is -2.24. The molecule has 8 heteroatoms. The minimum absolute atomic E-state index is 0.0378. The predicted octanol–water partition coefficient (Wildman–Crippen LogP) is 3.86. The molecule has 2 heterocycles. The minimum Gasteiger partial charge on any atom is -0.324 e. The number of rotatable bonds is 3. The van der Waals surface area contributed by atoms with Crippen molar-refractivity contribution in [3.05, 3.63) is 65.6 Å². The third-order valence-corrected chi connectivity index (χ3v) is 4.51. The van der Waals surface area contributed by atoms with E-state index >= 15 is 0 Å². The second-order valence-corrected chi connectivity index (χ2v) is 6.56. The third-order valence-electron chi connectivity index (χ3n) is 4.28. The van der Waals surface area contributed by atoms with Crippen LogP contribution in [0.1, 0.15) is 12.5 Å². The highest BCUT2D eigenvalue weighted by Gasteiger charge is 2.33. The van der Waals surface area contributed by atoms with Crippen LogP contribution in [0.5, 0.6) is 0 Å². The van der Waals surface area contributed by atoms with E-state index in [1.807, 2.05) is 0 Å². The maximum atomic E-state index is 13.2. The SMILES string of the molecule is O=C1CC(C(=O)Nc2cccc(Cl)c2)n2ncc(-c3ccc(F)cc3)c2N1. The number of nitrogens with one attached hydrogen (secondary N) is 2. The summed E-state index contributed by atoms with van der Waals surface area (Å²) in [5.41, 5.74) is 1.84. The molecule has 3 aromatic rings. The van der Waals surface area contributed by atoms with Gasteiger partial charge in [0.05, 0.1) is 12.6 Å². The van der Waals surface area contributed by atoms with Crippen LogP contribution in [-0.2, 0) is 9.59 Å². The Morgan fingerprint density at radius 3 is 2.78 bits per heavy atom. The Bertz CT molecular complexity index is 1030. The molecule has 136 valence electrons. The van der Waals surface area contributed by atoms with Gasteiger partial charge in [-0.2, -0.15) is 5.10 Å². The first-order valence-corrected chi connectivity index (χ1v) is 8.59. The summed E-state index contributed by atoms with van der Waals surface area (Å²) >= 11 is 5.94. The van der Waals surface area contributed by atoms with Gasteiger partial charge in [-0.1, -0.05) is 29.8 Å². The fourth-order valence-corrected chi connectivity index (χ4v) is 3.19. The molecular formula is C19H14ClFN4O2. The standard InChI is InChI=1S/C19H14ClFN4O2/c20-12-2-1-3-14(8-12)23-19(27)16-9-17(26)24-18-15(10-22-25(16)18)11-4-6-13(21)7-5-11/h1-8,10,16H,9H2,(H,23,27)(H,24,26). The monoisotopic (exact) mass is 384 g/mol. The zero-order chi connectivity index (χ0) is 19.0. The van der Waals surface area contributed by atoms with Crippen molar-refractivity contribution in [3.8, 4) is 11.1 Å². The Morgan fingerprint density at radius 1 is 1.26 bits per heavy atom. The zero-order valence-electron chi connectivity index (χ0n) is 13.9. The molecule has 6 nitrogen and oxygen atoms in total. The third kappa shape index (κ3) is 3.41. The van der Waals surface area contributed by atoms with Crippen molar-refractivity contribution in [2.24, 2.45) is 0 Å². The summed E-state index contributed by atoms with van der Waals surface area (Å²) in [6.07, 6.45) is 1.51. The molecule has 0 fully saturated rings. The van der Waals surface area contributed by atoms with Gasteiger partial charge < -0.3 is 10.6 Å². The molecule has 0 spiro atoms. The van der Waals surface area contributed by atoms with Gasteiger partial charge in [-0.25, -0.2) is 9.07 Å². The Morgan fingerprint density at radius 2 is 2.04 bits per heavy atom. The first-order chi connectivity index (χ1) is 13.0. The quantitative estimate of drug-likeness (QED) is 0.719. The van der Waals surface area contributed by atoms with Crippen LogP contribution in [0.15, 0.2) is 54.7 Å². The van der Waals surface area contributed by atoms with Crippen molar-refractivity contribution in [2.75, 3.05) is 10.6 Å². The lowest BCUT2D eigenvalue weighted by Crippen LogP contribution is -2.35. The number of anilines is 2. The summed E-state index contributed by atoms with van der Waals surface area (Å²) in [7, 11) is 0. The van der Waals surface area contributed by atoms with E-state index in [-0.39, 0.29) is 24.1 Å². The van der Waals surface area contributed by atoms with E-state index in [1.165, 1.54) is 16.8 Å². The number of hydrogen-bond acceptors (Lipinski definition) is 3. The number of fused-ring (bicyclic) bond motifs is 1. The molecule has 1 atom stereocenters. The highest BCUT2D eigenvalue weighted by Crippen LogP contribution is 2.34. The highest BCUT2D eigenvalue weighted by atomic mass is 35.5. The summed E-state index contributed by atoms with van der Waals surface area (Å²) in [5.74, 6) is -0.619. The van der Waals surface area contributed by atoms with Crippen molar-refractivity contribution in [3.63, 3.8) is 0 Å². The molecule has 1 unspecified atom stereocenters. The van der Waals surface area contributed by atoms with Gasteiger partial charge >= 0.3 is 0 Å². The number of carbonyl (C=O) groups is 2. The number of nitrogens with zero attached hydrogens (tertiary/aromatic N) is 2. The van der Waals surface area contributed by atoms with Gasteiger partial charge in [0, 0.05) is 16.3 Å². The molecule has 2 aromatic carbocycles. The van der Waals surface area contributed by atoms with E-state index in [2.05, 4.69) is 15.7 Å². The van der Waals surface area contributed by atoms with Crippen LogP contribution in [0.25, 0.3) is 11.1 Å². The lowest BCUT2D eigenvalue weighted by atomic mass is 10.1. The van der Waals surface area contributed by atoms with E-state index in [9.17, 15) is 14.0 Å². The second-order valence-electron chi connectivity index (χ2n) is 6.13. The zero-order valence-corrected chi connectivity index (χ0v) is 14.7. The molecule has 1 aliphatic heterocycles. The molecule has 0 radical (unpaired) electrons. The van der Waals surface area contributed by atoms with E-state index in [0.717, 1.165) is 0 Å². The summed E-state index contributed by atoms with van der Waals surface area (Å²) in [6, 6.07) is 11.8. The summed E-state index contributed by atoms with van der Waals surface area (Å²) < 4.78 is 14.7. The van der Waals surface area contributed by atoms with Crippen LogP contribution in [0, 0.1) is 5.82 Å². The first kappa shape index (κ1) is 17.2. The summed E-state index contributed by atoms with van der Waals surface area (Å²) in [6.45, 7) is 0. The van der Waals surface area contributed by atoms with Gasteiger partial charge in [0.2, 0.25) is 11.8 Å². The maximum absolute atomic E-state index is 13.2. The predicted molar refractivity (Wildman–Crippen MR) is 100.0 cm³/mol. The van der Waals surface area contributed by atoms with Gasteiger partial charge in [-0.3, -0.25) is 9.59 Å². The number of carbonyl (C=O) groups excluding carboxylic acids is 2. The van der Waals surface area contributed by atoms with E-state index in [0.29, 0.717) is 27.7 Å². The molecule has 0 saturated carbocycles. The van der Waals surface area contributed by atoms with Crippen molar-refractivity contribution in [1.29, 1.82) is 0 Å². The topological polar surface area (TPSA) is 76.0 Å². The molecule has 27 heavy (non-hydrogen) atoms. The number of hydrogen-bond donors (Lipinski definition) is 2. The Kier molecular flexibility index (Phi) is 4.37. The van der Waals surface area contributed by atoms with Crippen LogP contribution >= 0.6 is 11.6 Å². The normalized spacial score (nSPS) is 15.8. The smallest absolute Gasteiger partial charge is 0.249 e. The number of aromatic nitrogens is 2. The number of halogens is 2. The van der Waals surface area contributed by atoms with Crippen LogP contribution < -0.4 is 10.6 Å². The molecular weight excluding hydrogens is 371 g/mol. The molecule has 1 aliphatic rings. The van der Waals surface area contributed by atoms with Gasteiger partial charge in [0.25, 0.3) is 0 Å². The highest BCUT2D eigenvalue weighted by molar-refractivity contribution is 6.30. The van der Waals surface area contributed by atoms with Gasteiger partial charge in [0.1, 0.15) is 17.7 Å². The number of benzene rings is 2. The Hall–Kier alpha value is -3.19. The van der Waals surface area contributed by atoms with Crippen molar-refractivity contribution in [1.82, 2.24) is 9.78 Å². The van der Waals surface area contributed by atoms with Gasteiger partial charge in [-0.15, -0.1) is 0 Å². The molecule has 2 N–H and O–H groups in total. The van der Waals surface area contributed by atoms with Crippen molar-refractivity contribution >= 4 is 34.9 Å². The lowest BCUT2D eigenvalue weighted by molar-refractivity contribution is -0.125. The molecule has 0 aliphatic carbocycles. The average molecular weight is 385 g/mol. The second kappa shape index (κ2) is 6.85. The molecule has 4 rings (SSSR count). The first-order valence-electron chi connectivity index (χ1n) is 8.21. The van der Waals surface area contributed by atoms with E-state index in [4.69, 9.17) is 11.6 Å². The molecule has 1 aromatic heterocycles. The van der Waals surface area contributed by atoms with Crippen molar-refractivity contribution in [2.45, 2.75) is 12.5 Å². The van der Waals surface area contributed by atoms with Crippen LogP contribution in [0.3, 0.4) is 0 Å². The van der Waals surface area contributed by atoms with Crippen LogP contribution in [0.2, 0.25) is 5.02 Å². The Labute approximate surface area is 158 Å². The van der Waals surface area contributed by atoms with E-state index in [1.54, 1.807) is 42.6 Å². The van der Waals surface area contributed by atoms with Gasteiger partial charge in [-0.05, 0) is 35.9 Å². The molecule has 0 bridgehead atoms. The van der Waals surface area contributed by atoms with E-state index < -0.39 is 6.04 Å². The van der Waals surface area contributed by atoms with Crippen LogP contribution in [-0.4, -0.2) is 21.6 Å². The average Bonchev–Trinajstić information content (AvgIpc) is 3.05.